The monoisotopic (exact) mass is 250 g/mol. The minimum absolute atomic E-state index is 0.128. The van der Waals surface area contributed by atoms with Crippen LogP contribution in [-0.4, -0.2) is 31.1 Å². The number of unbranched alkanes of at least 4 members (excludes halogenated alkanes) is 1. The van der Waals surface area contributed by atoms with Gasteiger partial charge in [0.25, 0.3) is 0 Å². The van der Waals surface area contributed by atoms with Gasteiger partial charge in [0.05, 0.1) is 0 Å². The Balaban J connectivity index is 2.19. The second-order valence-electron chi connectivity index (χ2n) is 5.11. The first-order valence-corrected chi connectivity index (χ1v) is 6.93. The molecule has 1 aromatic carbocycles. The van der Waals surface area contributed by atoms with E-state index in [2.05, 4.69) is 24.1 Å². The van der Waals surface area contributed by atoms with Gasteiger partial charge < -0.3 is 5.32 Å². The maximum absolute atomic E-state index is 13.4. The van der Waals surface area contributed by atoms with E-state index in [1.165, 1.54) is 18.4 Å². The molecule has 1 atom stereocenters. The van der Waals surface area contributed by atoms with Gasteiger partial charge in [-0.1, -0.05) is 19.4 Å². The van der Waals surface area contributed by atoms with Crippen LogP contribution in [-0.2, 0) is 0 Å². The number of hydrogen-bond acceptors (Lipinski definition) is 2. The number of hydrogen-bond donors (Lipinski definition) is 1. The fraction of sp³-hybridized carbons (Fsp3) is 0.600. The van der Waals surface area contributed by atoms with Crippen LogP contribution >= 0.6 is 0 Å². The average molecular weight is 250 g/mol. The zero-order valence-electron chi connectivity index (χ0n) is 11.4. The van der Waals surface area contributed by atoms with Gasteiger partial charge in [0.2, 0.25) is 0 Å². The summed E-state index contributed by atoms with van der Waals surface area (Å²) in [6.45, 7) is 8.41. The second-order valence-corrected chi connectivity index (χ2v) is 5.11. The van der Waals surface area contributed by atoms with Crippen LogP contribution in [0.25, 0.3) is 0 Å². The highest BCUT2D eigenvalue weighted by atomic mass is 19.1. The third-order valence-corrected chi connectivity index (χ3v) is 3.75. The molecule has 1 aliphatic heterocycles. The normalized spacial score (nSPS) is 21.2. The molecule has 18 heavy (non-hydrogen) atoms. The van der Waals surface area contributed by atoms with E-state index in [1.54, 1.807) is 12.1 Å². The Morgan fingerprint density at radius 3 is 3.06 bits per heavy atom. The lowest BCUT2D eigenvalue weighted by Gasteiger charge is -2.37. The summed E-state index contributed by atoms with van der Waals surface area (Å²) in [7, 11) is 0. The lowest BCUT2D eigenvalue weighted by molar-refractivity contribution is 0.159. The first-order valence-electron chi connectivity index (χ1n) is 6.93. The number of rotatable bonds is 4. The van der Waals surface area contributed by atoms with Gasteiger partial charge in [-0.2, -0.15) is 0 Å². The summed E-state index contributed by atoms with van der Waals surface area (Å²) in [4.78, 5) is 2.49. The Bertz CT molecular complexity index is 392. The zero-order valence-corrected chi connectivity index (χ0v) is 11.4. The number of benzene rings is 1. The van der Waals surface area contributed by atoms with Crippen molar-refractivity contribution in [3.8, 4) is 0 Å². The molecule has 1 fully saturated rings. The van der Waals surface area contributed by atoms with Crippen molar-refractivity contribution in [1.82, 2.24) is 10.2 Å². The Morgan fingerprint density at radius 2 is 2.28 bits per heavy atom. The Hall–Kier alpha value is -0.930. The molecule has 0 aromatic heterocycles. The lowest BCUT2D eigenvalue weighted by atomic mass is 9.98. The van der Waals surface area contributed by atoms with Crippen molar-refractivity contribution in [2.75, 3.05) is 26.2 Å². The van der Waals surface area contributed by atoms with Gasteiger partial charge in [0, 0.05) is 25.7 Å². The fourth-order valence-corrected chi connectivity index (χ4v) is 2.65. The molecule has 3 heteroatoms. The van der Waals surface area contributed by atoms with Crippen molar-refractivity contribution in [1.29, 1.82) is 0 Å². The zero-order chi connectivity index (χ0) is 13.0. The molecular formula is C15H23FN2. The maximum Gasteiger partial charge on any atom is 0.123 e. The van der Waals surface area contributed by atoms with Crippen LogP contribution in [0.4, 0.5) is 4.39 Å². The van der Waals surface area contributed by atoms with E-state index in [4.69, 9.17) is 0 Å². The topological polar surface area (TPSA) is 15.3 Å². The number of nitrogens with one attached hydrogen (secondary N) is 1. The highest BCUT2D eigenvalue weighted by molar-refractivity contribution is 5.30. The molecule has 2 rings (SSSR count). The predicted molar refractivity (Wildman–Crippen MR) is 73.2 cm³/mol. The van der Waals surface area contributed by atoms with Gasteiger partial charge in [-0.25, -0.2) is 4.39 Å². The standard InChI is InChI=1S/C15H23FN2/c1-3-4-8-18-9-7-17-11-15(18)14-10-13(16)6-5-12(14)2/h5-6,10,15,17H,3-4,7-9,11H2,1-2H3. The van der Waals surface area contributed by atoms with Crippen LogP contribution < -0.4 is 5.32 Å². The Morgan fingerprint density at radius 1 is 1.44 bits per heavy atom. The molecule has 0 radical (unpaired) electrons. The molecule has 2 nitrogen and oxygen atoms in total. The van der Waals surface area contributed by atoms with Crippen molar-refractivity contribution in [2.24, 2.45) is 0 Å². The molecule has 1 aliphatic rings. The highest BCUT2D eigenvalue weighted by Crippen LogP contribution is 2.26. The SMILES string of the molecule is CCCCN1CCNCC1c1cc(F)ccc1C. The molecule has 0 bridgehead atoms. The van der Waals surface area contributed by atoms with Crippen LogP contribution in [0.15, 0.2) is 18.2 Å². The number of halogens is 1. The molecule has 0 spiro atoms. The van der Waals surface area contributed by atoms with Crippen molar-refractivity contribution >= 4 is 0 Å². The van der Waals surface area contributed by atoms with Crippen molar-refractivity contribution in [2.45, 2.75) is 32.7 Å². The molecule has 0 aliphatic carbocycles. The van der Waals surface area contributed by atoms with E-state index in [9.17, 15) is 4.39 Å². The van der Waals surface area contributed by atoms with Crippen LogP contribution in [0, 0.1) is 12.7 Å². The van der Waals surface area contributed by atoms with Crippen LogP contribution in [0.3, 0.4) is 0 Å². The number of aryl methyl sites for hydroxylation is 1. The smallest absolute Gasteiger partial charge is 0.123 e. The number of piperazine rings is 1. The van der Waals surface area contributed by atoms with Gasteiger partial charge in [0.15, 0.2) is 0 Å². The fourth-order valence-electron chi connectivity index (χ4n) is 2.65. The molecule has 1 N–H and O–H groups in total. The van der Waals surface area contributed by atoms with Crippen LogP contribution in [0.2, 0.25) is 0 Å². The summed E-state index contributed by atoms with van der Waals surface area (Å²) in [6, 6.07) is 5.45. The van der Waals surface area contributed by atoms with Gasteiger partial charge in [-0.3, -0.25) is 4.90 Å². The van der Waals surface area contributed by atoms with Crippen molar-refractivity contribution < 1.29 is 4.39 Å². The first kappa shape index (κ1) is 13.5. The summed E-state index contributed by atoms with van der Waals surface area (Å²) >= 11 is 0. The van der Waals surface area contributed by atoms with E-state index < -0.39 is 0 Å². The largest absolute Gasteiger partial charge is 0.314 e. The summed E-state index contributed by atoms with van der Waals surface area (Å²) in [5, 5.41) is 3.42. The summed E-state index contributed by atoms with van der Waals surface area (Å²) in [5.41, 5.74) is 2.32. The van der Waals surface area contributed by atoms with E-state index in [1.807, 2.05) is 6.07 Å². The van der Waals surface area contributed by atoms with Crippen molar-refractivity contribution in [3.05, 3.63) is 35.1 Å². The Labute approximate surface area is 109 Å². The minimum atomic E-state index is -0.128. The first-order chi connectivity index (χ1) is 8.72. The van der Waals surface area contributed by atoms with Gasteiger partial charge in [0.1, 0.15) is 5.82 Å². The van der Waals surface area contributed by atoms with E-state index in [0.717, 1.165) is 31.7 Å². The van der Waals surface area contributed by atoms with E-state index >= 15 is 0 Å². The maximum atomic E-state index is 13.4. The minimum Gasteiger partial charge on any atom is -0.314 e. The van der Waals surface area contributed by atoms with Gasteiger partial charge in [-0.05, 0) is 43.1 Å². The molecule has 1 heterocycles. The summed E-state index contributed by atoms with van der Waals surface area (Å²) in [6.07, 6.45) is 2.42. The van der Waals surface area contributed by atoms with Crippen molar-refractivity contribution in [3.63, 3.8) is 0 Å². The highest BCUT2D eigenvalue weighted by Gasteiger charge is 2.24. The Kier molecular flexibility index (Phi) is 4.72. The van der Waals surface area contributed by atoms with Gasteiger partial charge >= 0.3 is 0 Å². The number of nitrogens with zero attached hydrogens (tertiary/aromatic N) is 1. The molecular weight excluding hydrogens is 227 g/mol. The summed E-state index contributed by atoms with van der Waals surface area (Å²) in [5.74, 6) is -0.128. The molecule has 1 unspecified atom stereocenters. The molecule has 0 saturated carbocycles. The average Bonchev–Trinajstić information content (AvgIpc) is 2.39. The van der Waals surface area contributed by atoms with Gasteiger partial charge in [-0.15, -0.1) is 0 Å². The van der Waals surface area contributed by atoms with Crippen LogP contribution in [0.5, 0.6) is 0 Å². The van der Waals surface area contributed by atoms with E-state index in [-0.39, 0.29) is 5.82 Å². The lowest BCUT2D eigenvalue weighted by Crippen LogP contribution is -2.46. The predicted octanol–water partition coefficient (Wildman–Crippen LogP) is 2.88. The molecule has 0 amide bonds. The molecule has 1 aromatic rings. The second kappa shape index (κ2) is 6.30. The molecule has 1 saturated heterocycles. The van der Waals surface area contributed by atoms with Crippen LogP contribution in [0.1, 0.15) is 36.9 Å². The molecule has 100 valence electrons. The third kappa shape index (κ3) is 3.09. The van der Waals surface area contributed by atoms with E-state index in [0.29, 0.717) is 6.04 Å². The summed E-state index contributed by atoms with van der Waals surface area (Å²) < 4.78 is 13.4. The quantitative estimate of drug-likeness (QED) is 0.884. The third-order valence-electron chi connectivity index (χ3n) is 3.75.